The fraction of sp³-hybridized carbons (Fsp3) is 0.333. The average Bonchev–Trinajstić information content (AvgIpc) is 3.13. The van der Waals surface area contributed by atoms with Gasteiger partial charge in [-0.05, 0) is 35.9 Å². The molecule has 1 atom stereocenters. The lowest BCUT2D eigenvalue weighted by Crippen LogP contribution is -2.39. The maximum Gasteiger partial charge on any atom is 0.258 e. The first kappa shape index (κ1) is 28.7. The van der Waals surface area contributed by atoms with Crippen LogP contribution in [0.4, 0.5) is 4.39 Å². The second-order valence-corrected chi connectivity index (χ2v) is 9.21. The second-order valence-electron chi connectivity index (χ2n) is 9.21. The second kappa shape index (κ2) is 13.2. The van der Waals surface area contributed by atoms with E-state index in [1.807, 2.05) is 24.3 Å². The monoisotopic (exact) mass is 552 g/mol. The summed E-state index contributed by atoms with van der Waals surface area (Å²) in [6, 6.07) is 16.9. The SMILES string of the molecule is COc1ccc(CN2C[C@@H](OCc3ccccc3F)CN(C(=O)c3ccc(OC)c(OC)c3OC)CC2=O)cc1. The highest BCUT2D eigenvalue weighted by molar-refractivity contribution is 6.00. The van der Waals surface area contributed by atoms with E-state index >= 15 is 0 Å². The molecule has 10 heteroatoms. The number of rotatable bonds is 10. The third-order valence-electron chi connectivity index (χ3n) is 6.71. The van der Waals surface area contributed by atoms with Crippen LogP contribution in [-0.4, -0.2) is 75.8 Å². The number of benzene rings is 3. The third-order valence-corrected chi connectivity index (χ3v) is 6.71. The molecule has 1 fully saturated rings. The Kier molecular flexibility index (Phi) is 9.44. The van der Waals surface area contributed by atoms with E-state index in [1.165, 1.54) is 32.3 Å². The summed E-state index contributed by atoms with van der Waals surface area (Å²) in [5, 5.41) is 0. The minimum absolute atomic E-state index is 0.0103. The van der Waals surface area contributed by atoms with Gasteiger partial charge < -0.3 is 33.5 Å². The molecule has 3 aromatic rings. The molecule has 0 spiro atoms. The molecule has 0 aliphatic carbocycles. The molecular formula is C30H33FN2O7. The van der Waals surface area contributed by atoms with Crippen molar-refractivity contribution in [1.29, 1.82) is 0 Å². The topological polar surface area (TPSA) is 86.8 Å². The zero-order chi connectivity index (χ0) is 28.6. The van der Waals surface area contributed by atoms with Crippen molar-refractivity contribution >= 4 is 11.8 Å². The Balaban J connectivity index is 1.62. The van der Waals surface area contributed by atoms with Gasteiger partial charge in [0.1, 0.15) is 18.1 Å². The number of carbonyl (C=O) groups excluding carboxylic acids is 2. The van der Waals surface area contributed by atoms with Gasteiger partial charge in [0, 0.05) is 25.2 Å². The molecule has 0 unspecified atom stereocenters. The molecule has 212 valence electrons. The zero-order valence-electron chi connectivity index (χ0n) is 23.0. The van der Waals surface area contributed by atoms with Crippen molar-refractivity contribution < 1.29 is 37.7 Å². The number of hydrogen-bond donors (Lipinski definition) is 0. The summed E-state index contributed by atoms with van der Waals surface area (Å²) in [5.74, 6) is 0.507. The first-order valence-electron chi connectivity index (χ1n) is 12.7. The number of carbonyl (C=O) groups is 2. The summed E-state index contributed by atoms with van der Waals surface area (Å²) in [7, 11) is 5.96. The molecule has 0 radical (unpaired) electrons. The minimum atomic E-state index is -0.584. The van der Waals surface area contributed by atoms with E-state index in [2.05, 4.69) is 0 Å². The molecule has 3 aromatic carbocycles. The smallest absolute Gasteiger partial charge is 0.258 e. The van der Waals surface area contributed by atoms with Crippen LogP contribution in [0.2, 0.25) is 0 Å². The van der Waals surface area contributed by atoms with Crippen molar-refractivity contribution in [3.05, 3.63) is 83.2 Å². The van der Waals surface area contributed by atoms with Crippen molar-refractivity contribution in [2.24, 2.45) is 0 Å². The van der Waals surface area contributed by atoms with Gasteiger partial charge in [-0.15, -0.1) is 0 Å². The first-order valence-corrected chi connectivity index (χ1v) is 12.7. The minimum Gasteiger partial charge on any atom is -0.497 e. The van der Waals surface area contributed by atoms with Crippen LogP contribution < -0.4 is 18.9 Å². The molecule has 1 aliphatic heterocycles. The van der Waals surface area contributed by atoms with Crippen LogP contribution >= 0.6 is 0 Å². The Morgan fingerprint density at radius 3 is 2.25 bits per heavy atom. The van der Waals surface area contributed by atoms with Gasteiger partial charge >= 0.3 is 0 Å². The van der Waals surface area contributed by atoms with Gasteiger partial charge in [-0.25, -0.2) is 4.39 Å². The number of nitrogens with zero attached hydrogens (tertiary/aromatic N) is 2. The van der Waals surface area contributed by atoms with Crippen LogP contribution in [0.1, 0.15) is 21.5 Å². The van der Waals surface area contributed by atoms with Gasteiger partial charge in [0.2, 0.25) is 11.7 Å². The summed E-state index contributed by atoms with van der Waals surface area (Å²) >= 11 is 0. The Morgan fingerprint density at radius 2 is 1.60 bits per heavy atom. The molecule has 0 aromatic heterocycles. The van der Waals surface area contributed by atoms with Crippen molar-refractivity contribution in [3.8, 4) is 23.0 Å². The Labute approximate surface area is 232 Å². The average molecular weight is 553 g/mol. The van der Waals surface area contributed by atoms with E-state index in [0.717, 1.165) is 5.56 Å². The molecule has 4 rings (SSSR count). The maximum absolute atomic E-state index is 14.3. The predicted octanol–water partition coefficient (Wildman–Crippen LogP) is 3.93. The summed E-state index contributed by atoms with van der Waals surface area (Å²) in [6.07, 6.45) is -0.584. The lowest BCUT2D eigenvalue weighted by atomic mass is 10.1. The lowest BCUT2D eigenvalue weighted by molar-refractivity contribution is -0.132. The molecule has 0 bridgehead atoms. The van der Waals surface area contributed by atoms with E-state index < -0.39 is 12.0 Å². The molecule has 1 aliphatic rings. The first-order chi connectivity index (χ1) is 19.4. The van der Waals surface area contributed by atoms with Crippen LogP contribution in [-0.2, 0) is 22.7 Å². The van der Waals surface area contributed by atoms with E-state index in [-0.39, 0.29) is 55.0 Å². The standard InChI is InChI=1S/C30H33FN2O7/c1-36-22-11-9-20(10-12-22)15-32-16-23(40-19-21-7-5-6-8-25(21)31)17-33(18-27(32)34)30(35)24-13-14-26(37-2)29(39-4)28(24)38-3/h5-14,23H,15-19H2,1-4H3/t23-/m1/s1. The van der Waals surface area contributed by atoms with Gasteiger partial charge in [0.15, 0.2) is 11.5 Å². The van der Waals surface area contributed by atoms with Gasteiger partial charge in [-0.3, -0.25) is 9.59 Å². The highest BCUT2D eigenvalue weighted by Gasteiger charge is 2.33. The van der Waals surface area contributed by atoms with Gasteiger partial charge in [0.05, 0.1) is 46.7 Å². The number of methoxy groups -OCH3 is 4. The molecule has 2 amide bonds. The molecule has 9 nitrogen and oxygen atoms in total. The highest BCUT2D eigenvalue weighted by atomic mass is 19.1. The van der Waals surface area contributed by atoms with Crippen molar-refractivity contribution in [3.63, 3.8) is 0 Å². The maximum atomic E-state index is 14.3. The molecule has 40 heavy (non-hydrogen) atoms. The molecule has 0 N–H and O–H groups in total. The molecular weight excluding hydrogens is 519 g/mol. The summed E-state index contributed by atoms with van der Waals surface area (Å²) < 4.78 is 41.9. The summed E-state index contributed by atoms with van der Waals surface area (Å²) in [6.45, 7) is 0.446. The van der Waals surface area contributed by atoms with Gasteiger partial charge in [-0.2, -0.15) is 0 Å². The number of halogens is 1. The van der Waals surface area contributed by atoms with E-state index in [4.69, 9.17) is 23.7 Å². The molecule has 1 saturated heterocycles. The predicted molar refractivity (Wildman–Crippen MR) is 145 cm³/mol. The van der Waals surface area contributed by atoms with Crippen LogP contribution in [0, 0.1) is 5.82 Å². The van der Waals surface area contributed by atoms with E-state index in [9.17, 15) is 14.0 Å². The quantitative estimate of drug-likeness (QED) is 0.377. The largest absolute Gasteiger partial charge is 0.497 e. The Morgan fingerprint density at radius 1 is 0.875 bits per heavy atom. The van der Waals surface area contributed by atoms with E-state index in [0.29, 0.717) is 23.6 Å². The lowest BCUT2D eigenvalue weighted by Gasteiger charge is -2.25. The Hall–Kier alpha value is -4.31. The third kappa shape index (κ3) is 6.45. The fourth-order valence-electron chi connectivity index (χ4n) is 4.61. The van der Waals surface area contributed by atoms with Crippen molar-refractivity contribution in [2.45, 2.75) is 19.3 Å². The molecule has 1 heterocycles. The summed E-state index contributed by atoms with van der Waals surface area (Å²) in [5.41, 5.74) is 1.49. The number of ether oxygens (including phenoxy) is 5. The fourth-order valence-corrected chi connectivity index (χ4v) is 4.61. The van der Waals surface area contributed by atoms with Crippen molar-refractivity contribution in [1.82, 2.24) is 9.80 Å². The highest BCUT2D eigenvalue weighted by Crippen LogP contribution is 2.40. The van der Waals surface area contributed by atoms with Crippen LogP contribution in [0.5, 0.6) is 23.0 Å². The number of hydrogen-bond acceptors (Lipinski definition) is 7. The summed E-state index contributed by atoms with van der Waals surface area (Å²) in [4.78, 5) is 30.3. The van der Waals surface area contributed by atoms with E-state index in [1.54, 1.807) is 42.3 Å². The van der Waals surface area contributed by atoms with Crippen molar-refractivity contribution in [2.75, 3.05) is 48.1 Å². The van der Waals surface area contributed by atoms with Crippen LogP contribution in [0.25, 0.3) is 0 Å². The van der Waals surface area contributed by atoms with Crippen LogP contribution in [0.3, 0.4) is 0 Å². The van der Waals surface area contributed by atoms with Gasteiger partial charge in [-0.1, -0.05) is 30.3 Å². The Bertz CT molecular complexity index is 1330. The van der Waals surface area contributed by atoms with Crippen LogP contribution in [0.15, 0.2) is 60.7 Å². The van der Waals surface area contributed by atoms with Gasteiger partial charge in [0.25, 0.3) is 5.91 Å². The number of amides is 2. The normalized spacial score (nSPS) is 15.4. The molecule has 0 saturated carbocycles. The zero-order valence-corrected chi connectivity index (χ0v) is 23.0.